The third-order valence-electron chi connectivity index (χ3n) is 3.17. The van der Waals surface area contributed by atoms with Gasteiger partial charge in [-0.2, -0.15) is 0 Å². The van der Waals surface area contributed by atoms with Crippen LogP contribution in [0, 0.1) is 0 Å². The number of nitrogens with two attached hydrogens (primary N) is 1. The van der Waals surface area contributed by atoms with Crippen LogP contribution < -0.4 is 11.1 Å². The summed E-state index contributed by atoms with van der Waals surface area (Å²) in [6.45, 7) is 1.85. The fourth-order valence-electron chi connectivity index (χ4n) is 2.37. The molecule has 0 spiro atoms. The SMILES string of the molecule is NC1CCC(NC2CCOCC2)C1. The van der Waals surface area contributed by atoms with E-state index in [-0.39, 0.29) is 0 Å². The molecule has 3 heteroatoms. The van der Waals surface area contributed by atoms with Gasteiger partial charge in [-0.25, -0.2) is 0 Å². The quantitative estimate of drug-likeness (QED) is 0.662. The summed E-state index contributed by atoms with van der Waals surface area (Å²) in [5.41, 5.74) is 5.87. The molecule has 1 aliphatic heterocycles. The highest BCUT2D eigenvalue weighted by Gasteiger charge is 2.24. The molecule has 3 N–H and O–H groups in total. The molecule has 2 aliphatic rings. The summed E-state index contributed by atoms with van der Waals surface area (Å²) < 4.78 is 5.32. The summed E-state index contributed by atoms with van der Waals surface area (Å²) in [6, 6.07) is 1.81. The van der Waals surface area contributed by atoms with E-state index in [2.05, 4.69) is 5.32 Å². The van der Waals surface area contributed by atoms with Crippen molar-refractivity contribution in [2.24, 2.45) is 5.73 Å². The van der Waals surface area contributed by atoms with Crippen LogP contribution in [-0.2, 0) is 4.74 Å². The van der Waals surface area contributed by atoms with Gasteiger partial charge in [0.2, 0.25) is 0 Å². The van der Waals surface area contributed by atoms with Gasteiger partial charge >= 0.3 is 0 Å². The Balaban J connectivity index is 1.71. The minimum atomic E-state index is 0.442. The van der Waals surface area contributed by atoms with Gasteiger partial charge < -0.3 is 15.8 Å². The predicted octanol–water partition coefficient (Wildman–Crippen LogP) is 0.635. The minimum absolute atomic E-state index is 0.442. The lowest BCUT2D eigenvalue weighted by molar-refractivity contribution is 0.0750. The van der Waals surface area contributed by atoms with Crippen molar-refractivity contribution in [3.63, 3.8) is 0 Å². The van der Waals surface area contributed by atoms with Gasteiger partial charge in [0.1, 0.15) is 0 Å². The van der Waals surface area contributed by atoms with E-state index in [9.17, 15) is 0 Å². The van der Waals surface area contributed by atoms with Crippen LogP contribution >= 0.6 is 0 Å². The molecule has 0 amide bonds. The molecule has 0 aromatic heterocycles. The molecular weight excluding hydrogens is 164 g/mol. The third-order valence-corrected chi connectivity index (χ3v) is 3.17. The summed E-state index contributed by atoms with van der Waals surface area (Å²) in [7, 11) is 0. The lowest BCUT2D eigenvalue weighted by Gasteiger charge is -2.26. The van der Waals surface area contributed by atoms with Gasteiger partial charge in [-0.15, -0.1) is 0 Å². The Kier molecular flexibility index (Phi) is 3.19. The Morgan fingerprint density at radius 1 is 1.00 bits per heavy atom. The number of rotatable bonds is 2. The maximum absolute atomic E-state index is 5.87. The van der Waals surface area contributed by atoms with Gasteiger partial charge in [0, 0.05) is 31.3 Å². The van der Waals surface area contributed by atoms with Crippen molar-refractivity contribution in [3.8, 4) is 0 Å². The van der Waals surface area contributed by atoms with Crippen LogP contribution in [-0.4, -0.2) is 31.3 Å². The number of nitrogens with one attached hydrogen (secondary N) is 1. The van der Waals surface area contributed by atoms with Crippen molar-refractivity contribution in [3.05, 3.63) is 0 Å². The Bertz CT molecular complexity index is 154. The summed E-state index contributed by atoms with van der Waals surface area (Å²) >= 11 is 0. The summed E-state index contributed by atoms with van der Waals surface area (Å²) in [5, 5.41) is 3.69. The first-order chi connectivity index (χ1) is 6.34. The largest absolute Gasteiger partial charge is 0.381 e. The van der Waals surface area contributed by atoms with E-state index in [4.69, 9.17) is 10.5 Å². The van der Waals surface area contributed by atoms with Gasteiger partial charge in [0.05, 0.1) is 0 Å². The van der Waals surface area contributed by atoms with Crippen LogP contribution in [0.4, 0.5) is 0 Å². The molecule has 1 aliphatic carbocycles. The van der Waals surface area contributed by atoms with Crippen molar-refractivity contribution in [1.82, 2.24) is 5.32 Å². The number of hydrogen-bond donors (Lipinski definition) is 2. The molecule has 2 unspecified atom stereocenters. The normalized spacial score (nSPS) is 36.7. The molecule has 2 atom stereocenters. The number of ether oxygens (including phenoxy) is 1. The molecule has 2 fully saturated rings. The first-order valence-corrected chi connectivity index (χ1v) is 5.44. The predicted molar refractivity (Wildman–Crippen MR) is 52.6 cm³/mol. The Hall–Kier alpha value is -0.120. The maximum atomic E-state index is 5.87. The molecule has 76 valence electrons. The molecule has 0 aromatic carbocycles. The smallest absolute Gasteiger partial charge is 0.0480 e. The lowest BCUT2D eigenvalue weighted by atomic mass is 10.1. The highest BCUT2D eigenvalue weighted by Crippen LogP contribution is 2.19. The van der Waals surface area contributed by atoms with Crippen LogP contribution in [0.25, 0.3) is 0 Å². The van der Waals surface area contributed by atoms with Crippen molar-refractivity contribution in [1.29, 1.82) is 0 Å². The van der Waals surface area contributed by atoms with Crippen molar-refractivity contribution in [2.45, 2.75) is 50.2 Å². The molecule has 1 saturated heterocycles. The van der Waals surface area contributed by atoms with Gasteiger partial charge in [0.25, 0.3) is 0 Å². The average Bonchev–Trinajstić information content (AvgIpc) is 2.53. The van der Waals surface area contributed by atoms with E-state index < -0.39 is 0 Å². The van der Waals surface area contributed by atoms with Crippen molar-refractivity contribution in [2.75, 3.05) is 13.2 Å². The van der Waals surface area contributed by atoms with Crippen LogP contribution in [0.3, 0.4) is 0 Å². The van der Waals surface area contributed by atoms with Crippen LogP contribution in [0.2, 0.25) is 0 Å². The van der Waals surface area contributed by atoms with E-state index in [1.165, 1.54) is 25.7 Å². The number of hydrogen-bond acceptors (Lipinski definition) is 3. The topological polar surface area (TPSA) is 47.3 Å². The average molecular weight is 184 g/mol. The molecule has 13 heavy (non-hydrogen) atoms. The molecule has 0 radical (unpaired) electrons. The molecule has 0 bridgehead atoms. The second kappa shape index (κ2) is 4.40. The fraction of sp³-hybridized carbons (Fsp3) is 1.00. The summed E-state index contributed by atoms with van der Waals surface area (Å²) in [6.07, 6.45) is 5.97. The van der Waals surface area contributed by atoms with Gasteiger partial charge in [-0.05, 0) is 32.1 Å². The monoisotopic (exact) mass is 184 g/mol. The minimum Gasteiger partial charge on any atom is -0.381 e. The first kappa shape index (κ1) is 9.44. The van der Waals surface area contributed by atoms with Crippen molar-refractivity contribution >= 4 is 0 Å². The fourth-order valence-corrected chi connectivity index (χ4v) is 2.37. The molecule has 2 rings (SSSR count). The standard InChI is InChI=1S/C10H20N2O/c11-8-1-2-10(7-8)12-9-3-5-13-6-4-9/h8-10,12H,1-7,11H2. The van der Waals surface area contributed by atoms with E-state index in [0.29, 0.717) is 18.1 Å². The maximum Gasteiger partial charge on any atom is 0.0480 e. The van der Waals surface area contributed by atoms with E-state index in [0.717, 1.165) is 19.6 Å². The van der Waals surface area contributed by atoms with E-state index in [1.54, 1.807) is 0 Å². The van der Waals surface area contributed by atoms with Crippen LogP contribution in [0.5, 0.6) is 0 Å². The lowest BCUT2D eigenvalue weighted by Crippen LogP contribution is -2.41. The van der Waals surface area contributed by atoms with Gasteiger partial charge in [0.15, 0.2) is 0 Å². The summed E-state index contributed by atoms with van der Waals surface area (Å²) in [5.74, 6) is 0. The van der Waals surface area contributed by atoms with Gasteiger partial charge in [-0.1, -0.05) is 0 Å². The molecule has 1 heterocycles. The van der Waals surface area contributed by atoms with Crippen molar-refractivity contribution < 1.29 is 4.74 Å². The zero-order valence-corrected chi connectivity index (χ0v) is 8.17. The Morgan fingerprint density at radius 2 is 1.77 bits per heavy atom. The zero-order valence-electron chi connectivity index (χ0n) is 8.17. The highest BCUT2D eigenvalue weighted by atomic mass is 16.5. The second-order valence-corrected chi connectivity index (χ2v) is 4.32. The Morgan fingerprint density at radius 3 is 2.38 bits per heavy atom. The second-order valence-electron chi connectivity index (χ2n) is 4.32. The first-order valence-electron chi connectivity index (χ1n) is 5.44. The third kappa shape index (κ3) is 2.66. The van der Waals surface area contributed by atoms with E-state index >= 15 is 0 Å². The zero-order chi connectivity index (χ0) is 9.10. The Labute approximate surface area is 80.0 Å². The van der Waals surface area contributed by atoms with Crippen LogP contribution in [0.1, 0.15) is 32.1 Å². The van der Waals surface area contributed by atoms with E-state index in [1.807, 2.05) is 0 Å². The molecular formula is C10H20N2O. The molecule has 1 saturated carbocycles. The van der Waals surface area contributed by atoms with Crippen LogP contribution in [0.15, 0.2) is 0 Å². The summed E-state index contributed by atoms with van der Waals surface area (Å²) in [4.78, 5) is 0. The molecule has 0 aromatic rings. The van der Waals surface area contributed by atoms with Gasteiger partial charge in [-0.3, -0.25) is 0 Å². The molecule has 3 nitrogen and oxygen atoms in total. The highest BCUT2D eigenvalue weighted by molar-refractivity contribution is 4.85.